The number of hydrogen-bond donors (Lipinski definition) is 0. The van der Waals surface area contributed by atoms with Crippen LogP contribution in [-0.4, -0.2) is 29.9 Å². The molecular weight excluding hydrogens is 298 g/mol. The molecule has 114 valence electrons. The van der Waals surface area contributed by atoms with Gasteiger partial charge < -0.3 is 4.90 Å². The Bertz CT molecular complexity index is 215. The van der Waals surface area contributed by atoms with Crippen molar-refractivity contribution in [2.45, 2.75) is 72.1 Å². The van der Waals surface area contributed by atoms with Crippen LogP contribution in [-0.2, 0) is 0 Å². The molecule has 0 amide bonds. The van der Waals surface area contributed by atoms with Crippen LogP contribution in [0.4, 0.5) is 0 Å². The highest BCUT2D eigenvalue weighted by Gasteiger charge is 2.31. The smallest absolute Gasteiger partial charge is 0.0100 e. The van der Waals surface area contributed by atoms with E-state index in [9.17, 15) is 0 Å². The van der Waals surface area contributed by atoms with Gasteiger partial charge in [0.2, 0.25) is 0 Å². The normalized spacial score (nSPS) is 18.9. The second-order valence-electron chi connectivity index (χ2n) is 6.64. The molecule has 0 radical (unpaired) electrons. The van der Waals surface area contributed by atoms with Gasteiger partial charge >= 0.3 is 0 Å². The van der Waals surface area contributed by atoms with Crippen LogP contribution < -0.4 is 0 Å². The number of rotatable bonds is 9. The fraction of sp³-hybridized carbons (Fsp3) is 1.00. The van der Waals surface area contributed by atoms with Gasteiger partial charge in [-0.25, -0.2) is 0 Å². The molecule has 0 unspecified atom stereocenters. The van der Waals surface area contributed by atoms with Gasteiger partial charge in [0, 0.05) is 11.9 Å². The van der Waals surface area contributed by atoms with Gasteiger partial charge in [-0.3, -0.25) is 0 Å². The van der Waals surface area contributed by atoms with Crippen molar-refractivity contribution < 1.29 is 0 Å². The average Bonchev–Trinajstić information content (AvgIpc) is 2.42. The fourth-order valence-electron chi connectivity index (χ4n) is 3.84. The maximum atomic E-state index is 3.81. The third-order valence-electron chi connectivity index (χ3n) is 4.81. The molecule has 0 saturated carbocycles. The molecule has 0 aromatic heterocycles. The minimum atomic E-state index is 0.529. The predicted molar refractivity (Wildman–Crippen MR) is 90.1 cm³/mol. The number of hydrogen-bond acceptors (Lipinski definition) is 1. The van der Waals surface area contributed by atoms with Gasteiger partial charge in [0.1, 0.15) is 0 Å². The summed E-state index contributed by atoms with van der Waals surface area (Å²) in [5.74, 6) is 1.01. The van der Waals surface area contributed by atoms with Crippen LogP contribution in [0.15, 0.2) is 0 Å². The van der Waals surface area contributed by atoms with Crippen LogP contribution >= 0.6 is 15.9 Å². The lowest BCUT2D eigenvalue weighted by atomic mass is 9.80. The van der Waals surface area contributed by atoms with Gasteiger partial charge in [-0.05, 0) is 50.1 Å². The zero-order chi connectivity index (χ0) is 14.1. The van der Waals surface area contributed by atoms with Crippen molar-refractivity contribution >= 4 is 15.9 Å². The zero-order valence-electron chi connectivity index (χ0n) is 13.4. The summed E-state index contributed by atoms with van der Waals surface area (Å²) in [5.41, 5.74) is 0.529. The minimum Gasteiger partial charge on any atom is -0.303 e. The number of halogens is 1. The molecule has 0 N–H and O–H groups in total. The Labute approximate surface area is 129 Å². The maximum absolute atomic E-state index is 3.81. The number of piperidine rings is 1. The lowest BCUT2D eigenvalue weighted by Crippen LogP contribution is -2.43. The molecule has 1 fully saturated rings. The van der Waals surface area contributed by atoms with Gasteiger partial charge in [0.25, 0.3) is 0 Å². The van der Waals surface area contributed by atoms with E-state index in [1.807, 2.05) is 0 Å². The first kappa shape index (κ1) is 17.5. The highest BCUT2D eigenvalue weighted by Crippen LogP contribution is 2.34. The summed E-state index contributed by atoms with van der Waals surface area (Å²) in [6.45, 7) is 11.0. The summed E-state index contributed by atoms with van der Waals surface area (Å²) < 4.78 is 0. The molecule has 1 aliphatic heterocycles. The van der Waals surface area contributed by atoms with Crippen molar-refractivity contribution in [2.75, 3.05) is 25.0 Å². The molecule has 0 aromatic carbocycles. The van der Waals surface area contributed by atoms with E-state index in [-0.39, 0.29) is 0 Å². The number of likely N-dealkylation sites (tertiary alicyclic amines) is 1. The molecule has 0 spiro atoms. The summed E-state index contributed by atoms with van der Waals surface area (Å²) in [5, 5.41) is 1.18. The number of nitrogens with zero attached hydrogens (tertiary/aromatic N) is 1. The third kappa shape index (κ3) is 5.75. The van der Waals surface area contributed by atoms with Crippen molar-refractivity contribution in [1.29, 1.82) is 0 Å². The topological polar surface area (TPSA) is 3.24 Å². The van der Waals surface area contributed by atoms with E-state index >= 15 is 0 Å². The molecule has 1 rings (SSSR count). The van der Waals surface area contributed by atoms with Crippen molar-refractivity contribution in [2.24, 2.45) is 11.3 Å². The molecule has 19 heavy (non-hydrogen) atoms. The Balaban J connectivity index is 2.46. The monoisotopic (exact) mass is 331 g/mol. The van der Waals surface area contributed by atoms with Crippen molar-refractivity contribution in [3.8, 4) is 0 Å². The van der Waals surface area contributed by atoms with Gasteiger partial charge in [0.05, 0.1) is 0 Å². The summed E-state index contributed by atoms with van der Waals surface area (Å²) in [4.78, 5) is 2.75. The van der Waals surface area contributed by atoms with E-state index in [1.165, 1.54) is 76.3 Å². The first-order valence-electron chi connectivity index (χ1n) is 8.48. The largest absolute Gasteiger partial charge is 0.303 e. The van der Waals surface area contributed by atoms with Crippen LogP contribution in [0, 0.1) is 11.3 Å². The highest BCUT2D eigenvalue weighted by atomic mass is 79.9. The van der Waals surface area contributed by atoms with E-state index in [0.29, 0.717) is 5.41 Å². The van der Waals surface area contributed by atoms with E-state index in [2.05, 4.69) is 41.6 Å². The van der Waals surface area contributed by atoms with Gasteiger partial charge in [-0.1, -0.05) is 62.4 Å². The molecule has 0 aromatic rings. The second-order valence-corrected chi connectivity index (χ2v) is 7.20. The minimum absolute atomic E-state index is 0.529. The summed E-state index contributed by atoms with van der Waals surface area (Å²) in [6, 6.07) is 0. The average molecular weight is 332 g/mol. The van der Waals surface area contributed by atoms with E-state index < -0.39 is 0 Å². The van der Waals surface area contributed by atoms with Gasteiger partial charge in [-0.2, -0.15) is 0 Å². The molecule has 0 atom stereocenters. The van der Waals surface area contributed by atoms with Gasteiger partial charge in [0.15, 0.2) is 0 Å². The third-order valence-corrected chi connectivity index (χ3v) is 6.00. The van der Waals surface area contributed by atoms with E-state index in [1.54, 1.807) is 0 Å². The van der Waals surface area contributed by atoms with Gasteiger partial charge in [-0.15, -0.1) is 0 Å². The Hall–Kier alpha value is 0.440. The molecule has 1 heterocycles. The lowest BCUT2D eigenvalue weighted by Gasteiger charge is -2.40. The van der Waals surface area contributed by atoms with Crippen LogP contribution in [0.1, 0.15) is 72.1 Å². The van der Waals surface area contributed by atoms with E-state index in [4.69, 9.17) is 0 Å². The lowest BCUT2D eigenvalue weighted by molar-refractivity contribution is 0.107. The predicted octanol–water partition coefficient (Wildman–Crippen LogP) is 5.48. The van der Waals surface area contributed by atoms with Crippen LogP contribution in [0.25, 0.3) is 0 Å². The maximum Gasteiger partial charge on any atom is 0.0100 e. The molecule has 2 heteroatoms. The fourth-order valence-corrected chi connectivity index (χ4v) is 4.57. The zero-order valence-corrected chi connectivity index (χ0v) is 15.0. The Kier molecular flexibility index (Phi) is 8.64. The summed E-state index contributed by atoms with van der Waals surface area (Å²) >= 11 is 3.81. The molecule has 0 bridgehead atoms. The highest BCUT2D eigenvalue weighted by molar-refractivity contribution is 9.09. The van der Waals surface area contributed by atoms with Crippen LogP contribution in [0.3, 0.4) is 0 Å². The Morgan fingerprint density at radius 3 is 2.00 bits per heavy atom. The van der Waals surface area contributed by atoms with E-state index in [0.717, 1.165) is 5.92 Å². The molecule has 1 nitrogen and oxygen atoms in total. The molecular formula is C17H34BrN. The quantitative estimate of drug-likeness (QED) is 0.505. The SMILES string of the molecule is CCCC1CCN(CC(CBr)(CCC)CCC)CC1. The Morgan fingerprint density at radius 1 is 1.00 bits per heavy atom. The van der Waals surface area contributed by atoms with Crippen molar-refractivity contribution in [1.82, 2.24) is 4.90 Å². The standard InChI is InChI=1S/C17H34BrN/c1-4-7-16-8-12-19(13-9-16)15-17(14-18,10-5-2)11-6-3/h16H,4-15H2,1-3H3. The summed E-state index contributed by atoms with van der Waals surface area (Å²) in [7, 11) is 0. The first-order valence-corrected chi connectivity index (χ1v) is 9.60. The molecule has 0 aliphatic carbocycles. The van der Waals surface area contributed by atoms with Crippen molar-refractivity contribution in [3.63, 3.8) is 0 Å². The van der Waals surface area contributed by atoms with Crippen molar-refractivity contribution in [3.05, 3.63) is 0 Å². The first-order chi connectivity index (χ1) is 9.19. The van der Waals surface area contributed by atoms with Crippen LogP contribution in [0.2, 0.25) is 0 Å². The molecule has 1 saturated heterocycles. The summed E-state index contributed by atoms with van der Waals surface area (Å²) in [6.07, 6.45) is 11.1. The van der Waals surface area contributed by atoms with Crippen LogP contribution in [0.5, 0.6) is 0 Å². The second kappa shape index (κ2) is 9.39. The molecule has 1 aliphatic rings. The number of alkyl halides is 1. The Morgan fingerprint density at radius 2 is 1.58 bits per heavy atom.